The van der Waals surface area contributed by atoms with Crippen molar-refractivity contribution in [2.45, 2.75) is 13.2 Å². The molecule has 0 saturated heterocycles. The number of hydrogen-bond donors (Lipinski definition) is 0. The molecule has 0 atom stereocenters. The van der Waals surface area contributed by atoms with Gasteiger partial charge in [0, 0.05) is 17.1 Å². The van der Waals surface area contributed by atoms with E-state index < -0.39 is 5.82 Å². The average molecular weight is 421 g/mol. The number of carbonyl (C=O) groups excluding carboxylic acids is 1. The van der Waals surface area contributed by atoms with Gasteiger partial charge in [-0.05, 0) is 48.5 Å². The number of benzene rings is 2. The van der Waals surface area contributed by atoms with Gasteiger partial charge in [0.25, 0.3) is 0 Å². The summed E-state index contributed by atoms with van der Waals surface area (Å²) in [7, 11) is 0. The molecule has 5 rings (SSSR count). The second-order valence-electron chi connectivity index (χ2n) is 6.82. The van der Waals surface area contributed by atoms with Crippen molar-refractivity contribution in [3.63, 3.8) is 0 Å². The molecule has 0 saturated carbocycles. The minimum atomic E-state index is -0.483. The van der Waals surface area contributed by atoms with Gasteiger partial charge in [0.2, 0.25) is 0 Å². The fourth-order valence-electron chi connectivity index (χ4n) is 3.35. The monoisotopic (exact) mass is 420 g/mol. The number of ether oxygens (including phenoxy) is 2. The lowest BCUT2D eigenvalue weighted by atomic mass is 10.0. The Kier molecular flexibility index (Phi) is 4.56. The third kappa shape index (κ3) is 3.35. The summed E-state index contributed by atoms with van der Waals surface area (Å²) in [6.45, 7) is 0.413. The Morgan fingerprint density at radius 1 is 1.10 bits per heavy atom. The smallest absolute Gasteiger partial charge is 0.198 e. The van der Waals surface area contributed by atoms with E-state index in [1.807, 2.05) is 0 Å². The fourth-order valence-corrected chi connectivity index (χ4v) is 3.51. The van der Waals surface area contributed by atoms with Crippen LogP contribution in [0.25, 0.3) is 10.9 Å². The molecule has 3 heterocycles. The number of aromatic nitrogens is 2. The van der Waals surface area contributed by atoms with Crippen LogP contribution in [0.5, 0.6) is 11.5 Å². The Labute approximate surface area is 176 Å². The number of fused-ring (bicyclic) bond motifs is 3. The number of rotatable bonds is 3. The fraction of sp³-hybridized carbons (Fsp3) is 0.0870. The standard InChI is InChI=1S/C23H14ClFN2O3/c24-18-10-20-13(8-19(18)25)3-4-14(27-20)11-29-15-5-6-22-17(9-15)23(28)16-2-1-7-26-21(16)12-30-22/h1-10H,11-12H2. The maximum Gasteiger partial charge on any atom is 0.198 e. The summed E-state index contributed by atoms with van der Waals surface area (Å²) in [4.78, 5) is 21.6. The first kappa shape index (κ1) is 18.5. The van der Waals surface area contributed by atoms with Crippen molar-refractivity contribution in [2.75, 3.05) is 0 Å². The molecule has 0 spiro atoms. The molecule has 0 fully saturated rings. The molecular weight excluding hydrogens is 407 g/mol. The van der Waals surface area contributed by atoms with Gasteiger partial charge in [0.05, 0.1) is 27.5 Å². The molecule has 7 heteroatoms. The topological polar surface area (TPSA) is 61.3 Å². The molecular formula is C23H14ClFN2O3. The van der Waals surface area contributed by atoms with Gasteiger partial charge < -0.3 is 9.47 Å². The highest BCUT2D eigenvalue weighted by atomic mass is 35.5. The Hall–Kier alpha value is -3.51. The molecule has 0 aliphatic carbocycles. The first-order valence-corrected chi connectivity index (χ1v) is 9.59. The molecule has 0 amide bonds. The SMILES string of the molecule is O=C1c2cc(OCc3ccc4cc(F)c(Cl)cc4n3)ccc2OCc2ncccc21. The lowest BCUT2D eigenvalue weighted by molar-refractivity contribution is 0.103. The van der Waals surface area contributed by atoms with Crippen molar-refractivity contribution in [3.05, 3.63) is 94.1 Å². The predicted molar refractivity (Wildman–Crippen MR) is 109 cm³/mol. The van der Waals surface area contributed by atoms with Crippen molar-refractivity contribution in [1.29, 1.82) is 0 Å². The van der Waals surface area contributed by atoms with Crippen molar-refractivity contribution in [1.82, 2.24) is 9.97 Å². The molecule has 4 aromatic rings. The van der Waals surface area contributed by atoms with Crippen molar-refractivity contribution < 1.29 is 18.7 Å². The largest absolute Gasteiger partial charge is 0.487 e. The van der Waals surface area contributed by atoms with Crippen LogP contribution in [-0.4, -0.2) is 15.8 Å². The van der Waals surface area contributed by atoms with E-state index in [1.54, 1.807) is 48.7 Å². The van der Waals surface area contributed by atoms with Crippen LogP contribution in [0.15, 0.2) is 60.8 Å². The number of carbonyl (C=O) groups is 1. The third-order valence-electron chi connectivity index (χ3n) is 4.87. The van der Waals surface area contributed by atoms with Gasteiger partial charge in [-0.3, -0.25) is 9.78 Å². The predicted octanol–water partition coefficient (Wildman–Crippen LogP) is 5.12. The van der Waals surface area contributed by atoms with Crippen LogP contribution in [0.3, 0.4) is 0 Å². The van der Waals surface area contributed by atoms with E-state index >= 15 is 0 Å². The van der Waals surface area contributed by atoms with Gasteiger partial charge in [0.15, 0.2) is 5.78 Å². The van der Waals surface area contributed by atoms with E-state index in [-0.39, 0.29) is 24.0 Å². The first-order valence-electron chi connectivity index (χ1n) is 9.21. The minimum absolute atomic E-state index is 0.0205. The molecule has 0 N–H and O–H groups in total. The van der Waals surface area contributed by atoms with E-state index in [1.165, 1.54) is 12.1 Å². The summed E-state index contributed by atoms with van der Waals surface area (Å²) >= 11 is 5.85. The Morgan fingerprint density at radius 2 is 2.00 bits per heavy atom. The van der Waals surface area contributed by atoms with Crippen LogP contribution < -0.4 is 9.47 Å². The van der Waals surface area contributed by atoms with Crippen LogP contribution in [0, 0.1) is 5.82 Å². The highest BCUT2D eigenvalue weighted by Crippen LogP contribution is 2.31. The molecule has 0 radical (unpaired) electrons. The Morgan fingerprint density at radius 3 is 2.90 bits per heavy atom. The van der Waals surface area contributed by atoms with Crippen molar-refractivity contribution in [2.24, 2.45) is 0 Å². The summed E-state index contributed by atoms with van der Waals surface area (Å²) in [5.41, 5.74) is 2.78. The second-order valence-corrected chi connectivity index (χ2v) is 7.23. The van der Waals surface area contributed by atoms with E-state index in [2.05, 4.69) is 9.97 Å². The summed E-state index contributed by atoms with van der Waals surface area (Å²) in [6, 6.07) is 14.9. The molecule has 1 aliphatic heterocycles. The van der Waals surface area contributed by atoms with Crippen LogP contribution in [-0.2, 0) is 13.2 Å². The zero-order valence-electron chi connectivity index (χ0n) is 15.6. The van der Waals surface area contributed by atoms with Gasteiger partial charge in [-0.1, -0.05) is 17.7 Å². The maximum absolute atomic E-state index is 13.6. The highest BCUT2D eigenvalue weighted by Gasteiger charge is 2.23. The first-order chi connectivity index (χ1) is 14.6. The number of ketones is 1. The molecule has 148 valence electrons. The molecule has 0 unspecified atom stereocenters. The van der Waals surface area contributed by atoms with E-state index in [0.717, 1.165) is 0 Å². The van der Waals surface area contributed by atoms with Gasteiger partial charge in [-0.25, -0.2) is 9.37 Å². The maximum atomic E-state index is 13.6. The van der Waals surface area contributed by atoms with Gasteiger partial charge in [-0.2, -0.15) is 0 Å². The molecule has 0 bridgehead atoms. The summed E-state index contributed by atoms with van der Waals surface area (Å²) in [6.07, 6.45) is 1.64. The zero-order chi connectivity index (χ0) is 20.7. The van der Waals surface area contributed by atoms with Crippen LogP contribution >= 0.6 is 11.6 Å². The molecule has 5 nitrogen and oxygen atoms in total. The summed E-state index contributed by atoms with van der Waals surface area (Å²) < 4.78 is 25.2. The molecule has 2 aromatic carbocycles. The summed E-state index contributed by atoms with van der Waals surface area (Å²) in [5.74, 6) is 0.364. The second kappa shape index (κ2) is 7.39. The number of halogens is 2. The van der Waals surface area contributed by atoms with Crippen LogP contribution in [0.2, 0.25) is 5.02 Å². The lowest BCUT2D eigenvalue weighted by Crippen LogP contribution is -2.05. The van der Waals surface area contributed by atoms with Gasteiger partial charge in [0.1, 0.15) is 30.5 Å². The van der Waals surface area contributed by atoms with Crippen molar-refractivity contribution >= 4 is 28.3 Å². The van der Waals surface area contributed by atoms with Crippen molar-refractivity contribution in [3.8, 4) is 11.5 Å². The quantitative estimate of drug-likeness (QED) is 0.460. The lowest BCUT2D eigenvalue weighted by Gasteiger charge is -2.10. The molecule has 30 heavy (non-hydrogen) atoms. The number of pyridine rings is 2. The minimum Gasteiger partial charge on any atom is -0.487 e. The zero-order valence-corrected chi connectivity index (χ0v) is 16.3. The number of hydrogen-bond acceptors (Lipinski definition) is 5. The number of nitrogens with zero attached hydrogens (tertiary/aromatic N) is 2. The molecule has 1 aliphatic rings. The van der Waals surface area contributed by atoms with E-state index in [9.17, 15) is 9.18 Å². The normalized spacial score (nSPS) is 12.7. The summed E-state index contributed by atoms with van der Waals surface area (Å²) in [5, 5.41) is 0.674. The highest BCUT2D eigenvalue weighted by molar-refractivity contribution is 6.31. The molecule has 2 aromatic heterocycles. The third-order valence-corrected chi connectivity index (χ3v) is 5.16. The van der Waals surface area contributed by atoms with E-state index in [4.69, 9.17) is 21.1 Å². The van der Waals surface area contributed by atoms with Gasteiger partial charge in [-0.15, -0.1) is 0 Å². The van der Waals surface area contributed by atoms with Crippen LogP contribution in [0.1, 0.15) is 27.3 Å². The van der Waals surface area contributed by atoms with E-state index in [0.29, 0.717) is 44.9 Å². The Balaban J connectivity index is 1.40. The average Bonchev–Trinajstić information content (AvgIpc) is 2.90. The Bertz CT molecular complexity index is 1310. The van der Waals surface area contributed by atoms with Gasteiger partial charge >= 0.3 is 0 Å². The van der Waals surface area contributed by atoms with Crippen LogP contribution in [0.4, 0.5) is 4.39 Å².